The van der Waals surface area contributed by atoms with Gasteiger partial charge in [-0.1, -0.05) is 31.5 Å². The van der Waals surface area contributed by atoms with Crippen molar-refractivity contribution in [1.29, 1.82) is 0 Å². The summed E-state index contributed by atoms with van der Waals surface area (Å²) in [5, 5.41) is 15.5. The van der Waals surface area contributed by atoms with Crippen LogP contribution in [0.25, 0.3) is 0 Å². The molecule has 1 aliphatic carbocycles. The van der Waals surface area contributed by atoms with Crippen molar-refractivity contribution < 1.29 is 9.90 Å². The lowest BCUT2D eigenvalue weighted by Crippen LogP contribution is -2.27. The molecule has 6 nitrogen and oxygen atoms in total. The van der Waals surface area contributed by atoms with Crippen molar-refractivity contribution in [2.24, 2.45) is 5.92 Å². The van der Waals surface area contributed by atoms with Gasteiger partial charge in [0.2, 0.25) is 0 Å². The van der Waals surface area contributed by atoms with Gasteiger partial charge in [-0.15, -0.1) is 5.10 Å². The Kier molecular flexibility index (Phi) is 4.11. The van der Waals surface area contributed by atoms with E-state index in [1.165, 1.54) is 6.42 Å². The molecule has 1 aromatic heterocycles. The van der Waals surface area contributed by atoms with Gasteiger partial charge < -0.3 is 5.11 Å². The summed E-state index contributed by atoms with van der Waals surface area (Å²) in [6, 6.07) is 0.149. The fraction of sp³-hybridized carbons (Fsp3) is 0.727. The zero-order valence-corrected chi connectivity index (χ0v) is 11.1. The number of nitrogens with zero attached hydrogens (tertiary/aromatic N) is 2. The molecule has 2 N–H and O–H groups in total. The van der Waals surface area contributed by atoms with Crippen molar-refractivity contribution in [3.05, 3.63) is 10.5 Å². The van der Waals surface area contributed by atoms with Crippen LogP contribution in [-0.4, -0.2) is 31.6 Å². The molecule has 100 valence electrons. The highest BCUT2D eigenvalue weighted by Gasteiger charge is 2.24. The van der Waals surface area contributed by atoms with Crippen LogP contribution in [-0.2, 0) is 4.79 Å². The second kappa shape index (κ2) is 5.60. The number of carboxylic acid groups (broad SMARTS) is 1. The zero-order chi connectivity index (χ0) is 13.1. The average Bonchev–Trinajstić information content (AvgIpc) is 2.68. The van der Waals surface area contributed by atoms with Crippen LogP contribution in [0.3, 0.4) is 0 Å². The highest BCUT2D eigenvalue weighted by atomic mass is 32.2. The number of H-pyrrole nitrogens is 1. The normalized spacial score (nSPS) is 24.1. The van der Waals surface area contributed by atoms with Gasteiger partial charge >= 0.3 is 11.7 Å². The van der Waals surface area contributed by atoms with Crippen LogP contribution in [0, 0.1) is 5.92 Å². The molecule has 0 radical (unpaired) electrons. The molecular weight excluding hydrogens is 254 g/mol. The number of aliphatic carboxylic acids is 1. The Morgan fingerprint density at radius 3 is 3.06 bits per heavy atom. The standard InChI is InChI=1S/C11H17N3O3S/c1-7-3-2-4-8(5-7)14-10(17)12-13-11(14)18-6-9(15)16/h7-8H,2-6H2,1H3,(H,12,17)(H,15,16). The molecule has 2 atom stereocenters. The number of rotatable bonds is 4. The Morgan fingerprint density at radius 2 is 2.39 bits per heavy atom. The molecule has 1 saturated carbocycles. The van der Waals surface area contributed by atoms with Crippen molar-refractivity contribution in [2.75, 3.05) is 5.75 Å². The number of carbonyl (C=O) groups is 1. The number of carboxylic acids is 1. The topological polar surface area (TPSA) is 88.0 Å². The largest absolute Gasteiger partial charge is 0.481 e. The minimum absolute atomic E-state index is 0.0768. The van der Waals surface area contributed by atoms with Crippen LogP contribution in [0.1, 0.15) is 38.6 Å². The molecule has 0 aliphatic heterocycles. The number of hydrogen-bond donors (Lipinski definition) is 2. The molecule has 2 unspecified atom stereocenters. The summed E-state index contributed by atoms with van der Waals surface area (Å²) in [6.45, 7) is 2.18. The third-order valence-electron chi connectivity index (χ3n) is 3.27. The minimum Gasteiger partial charge on any atom is -0.481 e. The molecule has 2 rings (SSSR count). The average molecular weight is 271 g/mol. The van der Waals surface area contributed by atoms with Crippen LogP contribution in [0.4, 0.5) is 0 Å². The lowest BCUT2D eigenvalue weighted by atomic mass is 9.87. The maximum absolute atomic E-state index is 11.8. The predicted molar refractivity (Wildman–Crippen MR) is 67.9 cm³/mol. The summed E-state index contributed by atoms with van der Waals surface area (Å²) in [5.41, 5.74) is -0.234. The third-order valence-corrected chi connectivity index (χ3v) is 4.21. The SMILES string of the molecule is CC1CCCC(n2c(SCC(=O)O)n[nH]c2=O)C1. The van der Waals surface area contributed by atoms with E-state index >= 15 is 0 Å². The summed E-state index contributed by atoms with van der Waals surface area (Å²) in [7, 11) is 0. The number of hydrogen-bond acceptors (Lipinski definition) is 4. The molecule has 0 amide bonds. The summed E-state index contributed by atoms with van der Waals surface area (Å²) >= 11 is 1.09. The molecule has 0 saturated heterocycles. The van der Waals surface area contributed by atoms with Gasteiger partial charge in [-0.05, 0) is 18.8 Å². The van der Waals surface area contributed by atoms with Gasteiger partial charge in [0.15, 0.2) is 5.16 Å². The first kappa shape index (κ1) is 13.2. The lowest BCUT2D eigenvalue weighted by Gasteiger charge is -2.27. The van der Waals surface area contributed by atoms with Crippen LogP contribution in [0.15, 0.2) is 9.95 Å². The van der Waals surface area contributed by atoms with E-state index in [1.807, 2.05) is 0 Å². The van der Waals surface area contributed by atoms with E-state index in [-0.39, 0.29) is 17.5 Å². The monoisotopic (exact) mass is 271 g/mol. The summed E-state index contributed by atoms with van der Waals surface area (Å²) in [4.78, 5) is 22.3. The van der Waals surface area contributed by atoms with E-state index in [0.29, 0.717) is 11.1 Å². The number of aromatic nitrogens is 3. The van der Waals surface area contributed by atoms with Gasteiger partial charge in [-0.25, -0.2) is 9.89 Å². The predicted octanol–water partition coefficient (Wildman–Crippen LogP) is 1.50. The van der Waals surface area contributed by atoms with Crippen molar-refractivity contribution in [1.82, 2.24) is 14.8 Å². The van der Waals surface area contributed by atoms with Crippen molar-refractivity contribution in [2.45, 2.75) is 43.8 Å². The number of thioether (sulfide) groups is 1. The highest BCUT2D eigenvalue weighted by molar-refractivity contribution is 7.99. The maximum Gasteiger partial charge on any atom is 0.344 e. The van der Waals surface area contributed by atoms with E-state index in [0.717, 1.165) is 31.0 Å². The molecule has 7 heteroatoms. The van der Waals surface area contributed by atoms with Crippen LogP contribution in [0.2, 0.25) is 0 Å². The van der Waals surface area contributed by atoms with Crippen LogP contribution < -0.4 is 5.69 Å². The van der Waals surface area contributed by atoms with E-state index in [2.05, 4.69) is 17.1 Å². The molecule has 1 aromatic rings. The molecule has 0 bridgehead atoms. The van der Waals surface area contributed by atoms with Crippen molar-refractivity contribution in [3.8, 4) is 0 Å². The quantitative estimate of drug-likeness (QED) is 0.810. The van der Waals surface area contributed by atoms with Crippen molar-refractivity contribution >= 4 is 17.7 Å². The summed E-state index contributed by atoms with van der Waals surface area (Å²) < 4.78 is 1.63. The fourth-order valence-electron chi connectivity index (χ4n) is 2.48. The Hall–Kier alpha value is -1.24. The molecule has 18 heavy (non-hydrogen) atoms. The van der Waals surface area contributed by atoms with Crippen LogP contribution >= 0.6 is 11.8 Å². The smallest absolute Gasteiger partial charge is 0.344 e. The van der Waals surface area contributed by atoms with Gasteiger partial charge in [0.1, 0.15) is 0 Å². The maximum atomic E-state index is 11.8. The van der Waals surface area contributed by atoms with E-state index in [1.54, 1.807) is 4.57 Å². The summed E-state index contributed by atoms with van der Waals surface area (Å²) in [5.74, 6) is -0.381. The van der Waals surface area contributed by atoms with Crippen LogP contribution in [0.5, 0.6) is 0 Å². The third kappa shape index (κ3) is 2.95. The van der Waals surface area contributed by atoms with Gasteiger partial charge in [-0.3, -0.25) is 9.36 Å². The molecule has 1 aliphatic rings. The number of aromatic amines is 1. The fourth-order valence-corrected chi connectivity index (χ4v) is 3.21. The second-order valence-corrected chi connectivity index (χ2v) is 5.73. The minimum atomic E-state index is -0.904. The molecule has 0 spiro atoms. The van der Waals surface area contributed by atoms with Gasteiger partial charge in [-0.2, -0.15) is 0 Å². The number of nitrogens with one attached hydrogen (secondary N) is 1. The lowest BCUT2D eigenvalue weighted by molar-refractivity contribution is -0.133. The molecule has 1 heterocycles. The molecule has 0 aromatic carbocycles. The second-order valence-electron chi connectivity index (χ2n) is 4.79. The van der Waals surface area contributed by atoms with E-state index in [4.69, 9.17) is 5.11 Å². The van der Waals surface area contributed by atoms with Gasteiger partial charge in [0.05, 0.1) is 5.75 Å². The molecule has 1 fully saturated rings. The first-order chi connectivity index (χ1) is 8.58. The highest BCUT2D eigenvalue weighted by Crippen LogP contribution is 2.33. The van der Waals surface area contributed by atoms with Crippen molar-refractivity contribution in [3.63, 3.8) is 0 Å². The Balaban J connectivity index is 2.17. The molecular formula is C11H17N3O3S. The first-order valence-corrected chi connectivity index (χ1v) is 7.08. The Labute approximate surface area is 109 Å². The Bertz CT molecular complexity index is 482. The van der Waals surface area contributed by atoms with Gasteiger partial charge in [0, 0.05) is 6.04 Å². The van der Waals surface area contributed by atoms with E-state index in [9.17, 15) is 9.59 Å². The first-order valence-electron chi connectivity index (χ1n) is 6.09. The summed E-state index contributed by atoms with van der Waals surface area (Å²) in [6.07, 6.45) is 4.22. The zero-order valence-electron chi connectivity index (χ0n) is 10.3. The Morgan fingerprint density at radius 1 is 1.61 bits per heavy atom. The van der Waals surface area contributed by atoms with Gasteiger partial charge in [0.25, 0.3) is 0 Å². The van der Waals surface area contributed by atoms with E-state index < -0.39 is 5.97 Å².